The Morgan fingerprint density at radius 1 is 1.38 bits per heavy atom. The van der Waals surface area contributed by atoms with Crippen LogP contribution in [0.2, 0.25) is 0 Å². The van der Waals surface area contributed by atoms with E-state index in [1.165, 1.54) is 0 Å². The van der Waals surface area contributed by atoms with Gasteiger partial charge in [0.2, 0.25) is 0 Å². The molecule has 2 atom stereocenters. The van der Waals surface area contributed by atoms with Crippen molar-refractivity contribution in [1.82, 2.24) is 10.6 Å². The minimum atomic E-state index is 0.0723. The van der Waals surface area contributed by atoms with Crippen molar-refractivity contribution in [3.63, 3.8) is 0 Å². The van der Waals surface area contributed by atoms with Crippen LogP contribution in [0.3, 0.4) is 0 Å². The van der Waals surface area contributed by atoms with Gasteiger partial charge in [-0.05, 0) is 30.9 Å². The van der Waals surface area contributed by atoms with Crippen molar-refractivity contribution in [2.45, 2.75) is 13.0 Å². The van der Waals surface area contributed by atoms with Crippen LogP contribution in [0, 0.1) is 18.8 Å². The van der Waals surface area contributed by atoms with Crippen LogP contribution in [-0.2, 0) is 0 Å². The van der Waals surface area contributed by atoms with E-state index in [0.29, 0.717) is 17.9 Å². The maximum atomic E-state index is 11.9. The van der Waals surface area contributed by atoms with Gasteiger partial charge in [-0.1, -0.05) is 17.7 Å². The molecule has 1 saturated carbocycles. The first-order valence-corrected chi connectivity index (χ1v) is 5.84. The zero-order valence-corrected chi connectivity index (χ0v) is 9.36. The van der Waals surface area contributed by atoms with Crippen molar-refractivity contribution >= 4 is 5.91 Å². The Hall–Kier alpha value is -1.35. The fourth-order valence-corrected chi connectivity index (χ4v) is 2.65. The molecule has 0 radical (unpaired) electrons. The molecular formula is C13H16N2O. The van der Waals surface area contributed by atoms with E-state index in [0.717, 1.165) is 24.2 Å². The van der Waals surface area contributed by atoms with Crippen LogP contribution < -0.4 is 10.6 Å². The van der Waals surface area contributed by atoms with E-state index in [1.807, 2.05) is 31.2 Å². The van der Waals surface area contributed by atoms with E-state index in [1.54, 1.807) is 0 Å². The molecule has 2 unspecified atom stereocenters. The Balaban J connectivity index is 1.66. The molecular weight excluding hydrogens is 200 g/mol. The van der Waals surface area contributed by atoms with Gasteiger partial charge in [0.1, 0.15) is 0 Å². The number of aryl methyl sites for hydroxylation is 1. The maximum absolute atomic E-state index is 11.9. The quantitative estimate of drug-likeness (QED) is 0.772. The second kappa shape index (κ2) is 3.59. The molecule has 3 nitrogen and oxygen atoms in total. The molecule has 1 amide bonds. The molecule has 0 aromatic heterocycles. The van der Waals surface area contributed by atoms with E-state index in [9.17, 15) is 4.79 Å². The van der Waals surface area contributed by atoms with Gasteiger partial charge < -0.3 is 10.6 Å². The zero-order chi connectivity index (χ0) is 11.1. The monoisotopic (exact) mass is 216 g/mol. The number of hydrogen-bond donors (Lipinski definition) is 2. The lowest BCUT2D eigenvalue weighted by molar-refractivity contribution is 0.0946. The van der Waals surface area contributed by atoms with Crippen LogP contribution in [-0.4, -0.2) is 25.0 Å². The predicted molar refractivity (Wildman–Crippen MR) is 62.3 cm³/mol. The summed E-state index contributed by atoms with van der Waals surface area (Å²) >= 11 is 0. The van der Waals surface area contributed by atoms with Crippen LogP contribution in [0.15, 0.2) is 24.3 Å². The van der Waals surface area contributed by atoms with Gasteiger partial charge in [0.25, 0.3) is 5.91 Å². The van der Waals surface area contributed by atoms with Gasteiger partial charge in [0.15, 0.2) is 0 Å². The molecule has 1 heterocycles. The highest BCUT2D eigenvalue weighted by molar-refractivity contribution is 5.94. The first-order valence-electron chi connectivity index (χ1n) is 5.84. The molecule has 0 bridgehead atoms. The summed E-state index contributed by atoms with van der Waals surface area (Å²) in [6, 6.07) is 8.16. The number of benzene rings is 1. The molecule has 1 aliphatic carbocycles. The number of amides is 1. The van der Waals surface area contributed by atoms with Gasteiger partial charge in [0.05, 0.1) is 0 Å². The minimum Gasteiger partial charge on any atom is -0.349 e. The van der Waals surface area contributed by atoms with Crippen LogP contribution in [0.25, 0.3) is 0 Å². The summed E-state index contributed by atoms with van der Waals surface area (Å²) in [6.45, 7) is 4.12. The second-order valence-electron chi connectivity index (χ2n) is 4.85. The highest BCUT2D eigenvalue weighted by atomic mass is 16.1. The second-order valence-corrected chi connectivity index (χ2v) is 4.85. The highest BCUT2D eigenvalue weighted by Gasteiger charge is 2.53. The Morgan fingerprint density at radius 3 is 2.81 bits per heavy atom. The summed E-state index contributed by atoms with van der Waals surface area (Å²) in [6.07, 6.45) is 0. The lowest BCUT2D eigenvalue weighted by Crippen LogP contribution is -2.32. The summed E-state index contributed by atoms with van der Waals surface area (Å²) in [5, 5.41) is 6.44. The normalized spacial score (nSPS) is 30.9. The van der Waals surface area contributed by atoms with Crippen molar-refractivity contribution in [1.29, 1.82) is 0 Å². The van der Waals surface area contributed by atoms with Crippen molar-refractivity contribution < 1.29 is 4.79 Å². The molecule has 84 valence electrons. The third kappa shape index (κ3) is 1.61. The van der Waals surface area contributed by atoms with Gasteiger partial charge in [-0.15, -0.1) is 0 Å². The predicted octanol–water partition coefficient (Wildman–Crippen LogP) is 0.943. The van der Waals surface area contributed by atoms with Crippen molar-refractivity contribution in [2.24, 2.45) is 11.8 Å². The van der Waals surface area contributed by atoms with E-state index in [4.69, 9.17) is 0 Å². The standard InChI is InChI=1S/C13H16N2O/c1-8-3-2-4-9(5-8)13(16)15-12-10-6-14-7-11(10)12/h2-5,10-12,14H,6-7H2,1H3,(H,15,16). The number of fused-ring (bicyclic) bond motifs is 1. The summed E-state index contributed by atoms with van der Waals surface area (Å²) in [5.41, 5.74) is 1.91. The van der Waals surface area contributed by atoms with E-state index >= 15 is 0 Å². The lowest BCUT2D eigenvalue weighted by Gasteiger charge is -2.08. The van der Waals surface area contributed by atoms with Gasteiger partial charge >= 0.3 is 0 Å². The summed E-state index contributed by atoms with van der Waals surface area (Å²) in [7, 11) is 0. The average Bonchev–Trinajstić information content (AvgIpc) is 2.74. The Morgan fingerprint density at radius 2 is 2.12 bits per heavy atom. The number of carbonyl (C=O) groups excluding carboxylic acids is 1. The molecule has 16 heavy (non-hydrogen) atoms. The molecule has 1 aliphatic heterocycles. The van der Waals surface area contributed by atoms with E-state index < -0.39 is 0 Å². The largest absolute Gasteiger partial charge is 0.349 e. The Labute approximate surface area is 95.2 Å². The van der Waals surface area contributed by atoms with Crippen LogP contribution >= 0.6 is 0 Å². The Bertz CT molecular complexity index is 420. The smallest absolute Gasteiger partial charge is 0.251 e. The molecule has 2 aliphatic rings. The SMILES string of the molecule is Cc1cccc(C(=O)NC2C3CNCC32)c1. The maximum Gasteiger partial charge on any atom is 0.251 e. The van der Waals surface area contributed by atoms with Gasteiger partial charge in [-0.2, -0.15) is 0 Å². The van der Waals surface area contributed by atoms with Gasteiger partial charge in [-0.25, -0.2) is 0 Å². The number of rotatable bonds is 2. The van der Waals surface area contributed by atoms with E-state index in [-0.39, 0.29) is 5.91 Å². The van der Waals surface area contributed by atoms with Gasteiger partial charge in [0, 0.05) is 24.7 Å². The molecule has 2 fully saturated rings. The molecule has 3 heteroatoms. The third-order valence-electron chi connectivity index (χ3n) is 3.67. The fourth-order valence-electron chi connectivity index (χ4n) is 2.65. The first kappa shape index (κ1) is 9.85. The van der Waals surface area contributed by atoms with Crippen LogP contribution in [0.5, 0.6) is 0 Å². The average molecular weight is 216 g/mol. The summed E-state index contributed by atoms with van der Waals surface area (Å²) < 4.78 is 0. The number of piperidine rings is 1. The molecule has 0 spiro atoms. The molecule has 1 saturated heterocycles. The fraction of sp³-hybridized carbons (Fsp3) is 0.462. The van der Waals surface area contributed by atoms with Crippen molar-refractivity contribution in [2.75, 3.05) is 13.1 Å². The molecule has 1 aromatic rings. The van der Waals surface area contributed by atoms with Crippen molar-refractivity contribution in [3.05, 3.63) is 35.4 Å². The number of nitrogens with one attached hydrogen (secondary N) is 2. The zero-order valence-electron chi connectivity index (χ0n) is 9.36. The summed E-state index contributed by atoms with van der Waals surface area (Å²) in [5.74, 6) is 1.42. The first-order chi connectivity index (χ1) is 7.75. The lowest BCUT2D eigenvalue weighted by atomic mass is 10.1. The molecule has 1 aromatic carbocycles. The minimum absolute atomic E-state index is 0.0723. The number of hydrogen-bond acceptors (Lipinski definition) is 2. The molecule has 2 N–H and O–H groups in total. The van der Waals surface area contributed by atoms with E-state index in [2.05, 4.69) is 10.6 Å². The van der Waals surface area contributed by atoms with Crippen LogP contribution in [0.1, 0.15) is 15.9 Å². The van der Waals surface area contributed by atoms with Crippen LogP contribution in [0.4, 0.5) is 0 Å². The van der Waals surface area contributed by atoms with Crippen molar-refractivity contribution in [3.8, 4) is 0 Å². The highest BCUT2D eigenvalue weighted by Crippen LogP contribution is 2.41. The van der Waals surface area contributed by atoms with Gasteiger partial charge in [-0.3, -0.25) is 4.79 Å². The topological polar surface area (TPSA) is 41.1 Å². The summed E-state index contributed by atoms with van der Waals surface area (Å²) in [4.78, 5) is 11.9. The molecule has 3 rings (SSSR count). The number of carbonyl (C=O) groups is 1. The third-order valence-corrected chi connectivity index (χ3v) is 3.67. The Kier molecular flexibility index (Phi) is 2.21.